The highest BCUT2D eigenvalue weighted by atomic mass is 16.6. The zero-order chi connectivity index (χ0) is 12.4. The molecule has 0 amide bonds. The molecule has 0 radical (unpaired) electrons. The van der Waals surface area contributed by atoms with Crippen LogP contribution in [0.15, 0.2) is 0 Å². The SMILES string of the molecule is CC([N+](=O)[O-])C(B(O)O)(C(=O)O)C(=O)O. The van der Waals surface area contributed by atoms with E-state index < -0.39 is 35.3 Å². The van der Waals surface area contributed by atoms with Crippen LogP contribution in [0.1, 0.15) is 6.92 Å². The Morgan fingerprint density at radius 1 is 1.33 bits per heavy atom. The molecule has 1 unspecified atom stereocenters. The number of hydrogen-bond acceptors (Lipinski definition) is 6. The predicted molar refractivity (Wildman–Crippen MR) is 44.6 cm³/mol. The topological polar surface area (TPSA) is 158 Å². The van der Waals surface area contributed by atoms with Gasteiger partial charge in [-0.25, -0.2) is 0 Å². The van der Waals surface area contributed by atoms with Gasteiger partial charge in [-0.15, -0.1) is 0 Å². The lowest BCUT2D eigenvalue weighted by molar-refractivity contribution is -0.521. The maximum Gasteiger partial charge on any atom is 0.489 e. The third-order valence-corrected chi connectivity index (χ3v) is 2.09. The van der Waals surface area contributed by atoms with E-state index in [-0.39, 0.29) is 0 Å². The Hall–Kier alpha value is -1.68. The molecule has 0 aliphatic carbocycles. The van der Waals surface area contributed by atoms with Crippen molar-refractivity contribution in [2.45, 2.75) is 18.3 Å². The molecule has 0 aromatic carbocycles. The average Bonchev–Trinajstić information content (AvgIpc) is 2.02. The van der Waals surface area contributed by atoms with Gasteiger partial charge in [0.2, 0.25) is 6.04 Å². The van der Waals surface area contributed by atoms with Crippen LogP contribution in [-0.4, -0.2) is 50.3 Å². The fourth-order valence-corrected chi connectivity index (χ4v) is 1.05. The van der Waals surface area contributed by atoms with Crippen LogP contribution in [0.5, 0.6) is 0 Å². The molecule has 84 valence electrons. The lowest BCUT2D eigenvalue weighted by atomic mass is 9.54. The van der Waals surface area contributed by atoms with Gasteiger partial charge in [0, 0.05) is 11.8 Å². The minimum Gasteiger partial charge on any atom is -0.481 e. The predicted octanol–water partition coefficient (Wildman–Crippen LogP) is -1.97. The molecule has 0 aromatic rings. The normalized spacial score (nSPS) is 13.0. The van der Waals surface area contributed by atoms with E-state index in [2.05, 4.69) is 0 Å². The monoisotopic (exact) mass is 221 g/mol. The first-order valence-corrected chi connectivity index (χ1v) is 3.65. The summed E-state index contributed by atoms with van der Waals surface area (Å²) in [6, 6.07) is -2.19. The molecule has 1 atom stereocenters. The molecule has 0 aliphatic heterocycles. The highest BCUT2D eigenvalue weighted by Gasteiger charge is 2.66. The standard InChI is InChI=1S/C5H8BNO8/c1-2(7(14)15)5(3(8)9,4(10)11)6(12)13/h2,12-13H,1H3,(H,8,9)(H,10,11). The van der Waals surface area contributed by atoms with Gasteiger partial charge in [-0.3, -0.25) is 19.7 Å². The molecule has 0 aliphatic rings. The molecular formula is C5H8BNO8. The first kappa shape index (κ1) is 13.3. The summed E-state index contributed by atoms with van der Waals surface area (Å²) in [4.78, 5) is 30.4. The lowest BCUT2D eigenvalue weighted by Gasteiger charge is -2.24. The fraction of sp³-hybridized carbons (Fsp3) is 0.600. The molecule has 0 spiro atoms. The zero-order valence-electron chi connectivity index (χ0n) is 7.52. The minimum atomic E-state index is -3.27. The highest BCUT2D eigenvalue weighted by molar-refractivity contribution is 6.58. The van der Waals surface area contributed by atoms with Crippen LogP contribution < -0.4 is 0 Å². The molecular weight excluding hydrogens is 213 g/mol. The van der Waals surface area contributed by atoms with E-state index in [0.717, 1.165) is 0 Å². The van der Waals surface area contributed by atoms with Crippen molar-refractivity contribution in [2.75, 3.05) is 0 Å². The van der Waals surface area contributed by atoms with Gasteiger partial charge >= 0.3 is 19.1 Å². The number of nitrogens with zero attached hydrogens (tertiary/aromatic N) is 1. The average molecular weight is 221 g/mol. The van der Waals surface area contributed by atoms with Crippen LogP contribution in [0.25, 0.3) is 0 Å². The Kier molecular flexibility index (Phi) is 3.76. The zero-order valence-corrected chi connectivity index (χ0v) is 7.52. The van der Waals surface area contributed by atoms with Gasteiger partial charge in [-0.2, -0.15) is 0 Å². The van der Waals surface area contributed by atoms with Gasteiger partial charge in [0.1, 0.15) is 0 Å². The van der Waals surface area contributed by atoms with Crippen LogP contribution in [0.3, 0.4) is 0 Å². The van der Waals surface area contributed by atoms with E-state index >= 15 is 0 Å². The number of carboxylic acids is 2. The third-order valence-electron chi connectivity index (χ3n) is 2.09. The number of nitro groups is 1. The van der Waals surface area contributed by atoms with Crippen molar-refractivity contribution in [3.05, 3.63) is 10.1 Å². The Morgan fingerprint density at radius 3 is 1.73 bits per heavy atom. The molecule has 15 heavy (non-hydrogen) atoms. The van der Waals surface area contributed by atoms with Gasteiger partial charge in [0.05, 0.1) is 0 Å². The molecule has 0 heterocycles. The second-order valence-electron chi connectivity index (χ2n) is 2.81. The minimum absolute atomic E-state index is 0.668. The van der Waals surface area contributed by atoms with Crippen molar-refractivity contribution in [3.8, 4) is 0 Å². The fourth-order valence-electron chi connectivity index (χ4n) is 1.05. The van der Waals surface area contributed by atoms with Crippen LogP contribution >= 0.6 is 0 Å². The number of carbonyl (C=O) groups is 2. The smallest absolute Gasteiger partial charge is 0.481 e. The Bertz CT molecular complexity index is 287. The number of rotatable bonds is 5. The van der Waals surface area contributed by atoms with E-state index in [1.54, 1.807) is 0 Å². The summed E-state index contributed by atoms with van der Waals surface area (Å²) in [7, 11) is -2.88. The molecule has 0 saturated carbocycles. The summed E-state index contributed by atoms with van der Waals surface area (Å²) in [5, 5.41) is 41.6. The first-order valence-electron chi connectivity index (χ1n) is 3.65. The van der Waals surface area contributed by atoms with Crippen LogP contribution in [0.2, 0.25) is 5.31 Å². The number of aliphatic carboxylic acids is 2. The van der Waals surface area contributed by atoms with Crippen molar-refractivity contribution in [1.82, 2.24) is 0 Å². The van der Waals surface area contributed by atoms with E-state index in [0.29, 0.717) is 6.92 Å². The maximum atomic E-state index is 10.6. The van der Waals surface area contributed by atoms with Gasteiger partial charge < -0.3 is 20.3 Å². The molecule has 0 aromatic heterocycles. The molecule has 0 fully saturated rings. The van der Waals surface area contributed by atoms with Crippen molar-refractivity contribution >= 4 is 19.1 Å². The van der Waals surface area contributed by atoms with Crippen molar-refractivity contribution < 1.29 is 34.8 Å². The number of hydrogen-bond donors (Lipinski definition) is 4. The summed E-state index contributed by atoms with van der Waals surface area (Å²) in [5.74, 6) is -4.37. The van der Waals surface area contributed by atoms with Crippen LogP contribution in [0.4, 0.5) is 0 Å². The van der Waals surface area contributed by atoms with Crippen molar-refractivity contribution in [2.24, 2.45) is 0 Å². The largest absolute Gasteiger partial charge is 0.489 e. The second kappa shape index (κ2) is 4.23. The Balaban J connectivity index is 5.63. The van der Waals surface area contributed by atoms with Gasteiger partial charge in [0.15, 0.2) is 0 Å². The van der Waals surface area contributed by atoms with Gasteiger partial charge in [0.25, 0.3) is 5.31 Å². The summed E-state index contributed by atoms with van der Waals surface area (Å²) in [6.45, 7) is 0.668. The molecule has 0 saturated heterocycles. The van der Waals surface area contributed by atoms with Crippen molar-refractivity contribution in [1.29, 1.82) is 0 Å². The van der Waals surface area contributed by atoms with Gasteiger partial charge in [-0.1, -0.05) is 0 Å². The quantitative estimate of drug-likeness (QED) is 0.180. The molecule has 0 bridgehead atoms. The first-order chi connectivity index (χ1) is 6.68. The summed E-state index contributed by atoms with van der Waals surface area (Å²) in [5.41, 5.74) is 0. The molecule has 4 N–H and O–H groups in total. The second-order valence-corrected chi connectivity index (χ2v) is 2.81. The molecule has 9 nitrogen and oxygen atoms in total. The van der Waals surface area contributed by atoms with E-state index in [4.69, 9.17) is 20.3 Å². The summed E-state index contributed by atoms with van der Waals surface area (Å²) >= 11 is 0. The lowest BCUT2D eigenvalue weighted by Crippen LogP contribution is -2.54. The summed E-state index contributed by atoms with van der Waals surface area (Å²) in [6.07, 6.45) is 0. The Morgan fingerprint density at radius 2 is 1.67 bits per heavy atom. The Labute approximate surface area is 83.2 Å². The third kappa shape index (κ3) is 1.90. The number of carboxylic acid groups (broad SMARTS) is 2. The molecule has 10 heteroatoms. The van der Waals surface area contributed by atoms with E-state index in [1.807, 2.05) is 0 Å². The van der Waals surface area contributed by atoms with E-state index in [9.17, 15) is 19.7 Å². The van der Waals surface area contributed by atoms with Crippen molar-refractivity contribution in [3.63, 3.8) is 0 Å². The van der Waals surface area contributed by atoms with Crippen LogP contribution in [0, 0.1) is 10.1 Å². The highest BCUT2D eigenvalue weighted by Crippen LogP contribution is 2.34. The molecule has 0 rings (SSSR count). The summed E-state index contributed by atoms with van der Waals surface area (Å²) < 4.78 is 0. The maximum absolute atomic E-state index is 10.6. The van der Waals surface area contributed by atoms with E-state index in [1.165, 1.54) is 0 Å². The van der Waals surface area contributed by atoms with Gasteiger partial charge in [-0.05, 0) is 0 Å². The van der Waals surface area contributed by atoms with Crippen LogP contribution in [-0.2, 0) is 9.59 Å².